The lowest BCUT2D eigenvalue weighted by atomic mass is 10.2. The molecule has 0 aliphatic carbocycles. The fourth-order valence-electron chi connectivity index (χ4n) is 3.15. The van der Waals surface area contributed by atoms with Crippen molar-refractivity contribution in [2.45, 2.75) is 0 Å². The van der Waals surface area contributed by atoms with E-state index in [9.17, 15) is 18.8 Å². The van der Waals surface area contributed by atoms with Gasteiger partial charge in [-0.3, -0.25) is 19.8 Å². The first-order valence-electron chi connectivity index (χ1n) is 9.66. The number of halogens is 4. The van der Waals surface area contributed by atoms with Crippen molar-refractivity contribution < 1.29 is 18.8 Å². The first-order valence-corrected chi connectivity index (χ1v) is 10.8. The second-order valence-electron chi connectivity index (χ2n) is 7.06. The molecule has 7 nitrogen and oxygen atoms in total. The Bertz CT molecular complexity index is 1450. The van der Waals surface area contributed by atoms with Gasteiger partial charge in [-0.05, 0) is 60.7 Å². The fraction of sp³-hybridized carbons (Fsp3) is 0. The van der Waals surface area contributed by atoms with E-state index in [2.05, 4.69) is 16.1 Å². The average molecular weight is 520 g/mol. The SMILES string of the molecule is O=C(Nc1cccc(F)c1)C(=O)Nn1c(C(=O)Nc2ccc(Cl)c(Cl)c2)cc2cc(Cl)ccc21. The van der Waals surface area contributed by atoms with Crippen molar-refractivity contribution in [3.8, 4) is 0 Å². The van der Waals surface area contributed by atoms with E-state index in [0.717, 1.165) is 10.7 Å². The number of amides is 3. The van der Waals surface area contributed by atoms with Gasteiger partial charge in [-0.15, -0.1) is 0 Å². The molecule has 0 aliphatic rings. The van der Waals surface area contributed by atoms with Crippen LogP contribution >= 0.6 is 34.8 Å². The highest BCUT2D eigenvalue weighted by atomic mass is 35.5. The number of carbonyl (C=O) groups excluding carboxylic acids is 3. The molecule has 11 heteroatoms. The van der Waals surface area contributed by atoms with E-state index in [0.29, 0.717) is 26.6 Å². The Balaban J connectivity index is 1.63. The maximum absolute atomic E-state index is 13.4. The van der Waals surface area contributed by atoms with E-state index in [4.69, 9.17) is 34.8 Å². The number of rotatable bonds is 4. The molecule has 0 unspecified atom stereocenters. The summed E-state index contributed by atoms with van der Waals surface area (Å²) in [7, 11) is 0. The molecule has 172 valence electrons. The van der Waals surface area contributed by atoms with Gasteiger partial charge in [-0.2, -0.15) is 0 Å². The molecule has 4 aromatic rings. The molecule has 0 fully saturated rings. The van der Waals surface area contributed by atoms with Gasteiger partial charge in [0.05, 0.1) is 15.6 Å². The summed E-state index contributed by atoms with van der Waals surface area (Å²) in [4.78, 5) is 38.0. The normalized spacial score (nSPS) is 10.7. The largest absolute Gasteiger partial charge is 0.328 e. The van der Waals surface area contributed by atoms with E-state index >= 15 is 0 Å². The Morgan fingerprint density at radius 1 is 0.765 bits per heavy atom. The zero-order valence-corrected chi connectivity index (χ0v) is 19.3. The number of nitrogens with one attached hydrogen (secondary N) is 3. The molecule has 0 bridgehead atoms. The molecule has 4 rings (SSSR count). The maximum Gasteiger partial charge on any atom is 0.328 e. The second kappa shape index (κ2) is 9.72. The summed E-state index contributed by atoms with van der Waals surface area (Å²) in [6.07, 6.45) is 0. The number of anilines is 2. The van der Waals surface area contributed by atoms with Crippen molar-refractivity contribution in [2.24, 2.45) is 0 Å². The highest BCUT2D eigenvalue weighted by Gasteiger charge is 2.21. The topological polar surface area (TPSA) is 92.2 Å². The number of hydrogen-bond donors (Lipinski definition) is 3. The highest BCUT2D eigenvalue weighted by Crippen LogP contribution is 2.27. The molecular weight excluding hydrogens is 506 g/mol. The Hall–Kier alpha value is -3.59. The van der Waals surface area contributed by atoms with Crippen molar-refractivity contribution in [1.29, 1.82) is 0 Å². The predicted octanol–water partition coefficient (Wildman–Crippen LogP) is 5.70. The van der Waals surface area contributed by atoms with Crippen LogP contribution in [0.2, 0.25) is 15.1 Å². The number of fused-ring (bicyclic) bond motifs is 1. The summed E-state index contributed by atoms with van der Waals surface area (Å²) in [6, 6.07) is 15.9. The fourth-order valence-corrected chi connectivity index (χ4v) is 3.63. The summed E-state index contributed by atoms with van der Waals surface area (Å²) in [6.45, 7) is 0. The van der Waals surface area contributed by atoms with Crippen LogP contribution in [0.15, 0.2) is 66.7 Å². The minimum absolute atomic E-state index is 0.00949. The van der Waals surface area contributed by atoms with Gasteiger partial charge in [0.1, 0.15) is 11.5 Å². The Morgan fingerprint density at radius 2 is 1.53 bits per heavy atom. The van der Waals surface area contributed by atoms with Crippen molar-refractivity contribution in [3.05, 3.63) is 93.3 Å². The first kappa shape index (κ1) is 23.6. The second-order valence-corrected chi connectivity index (χ2v) is 8.31. The Labute approximate surface area is 207 Å². The van der Waals surface area contributed by atoms with Crippen molar-refractivity contribution in [3.63, 3.8) is 0 Å². The third-order valence-corrected chi connectivity index (χ3v) is 5.65. The third-order valence-electron chi connectivity index (χ3n) is 4.68. The van der Waals surface area contributed by atoms with Gasteiger partial charge >= 0.3 is 11.8 Å². The van der Waals surface area contributed by atoms with Crippen molar-refractivity contribution >= 4 is 74.8 Å². The summed E-state index contributed by atoms with van der Waals surface area (Å²) in [5.74, 6) is -3.32. The van der Waals surface area contributed by atoms with E-state index in [1.807, 2.05) is 0 Å². The van der Waals surface area contributed by atoms with Crippen LogP contribution in [0, 0.1) is 5.82 Å². The summed E-state index contributed by atoms with van der Waals surface area (Å²) < 4.78 is 14.5. The number of hydrogen-bond acceptors (Lipinski definition) is 3. The third kappa shape index (κ3) is 5.14. The first-order chi connectivity index (χ1) is 16.2. The van der Waals surface area contributed by atoms with Crippen LogP contribution in [0.4, 0.5) is 15.8 Å². The maximum atomic E-state index is 13.4. The van der Waals surface area contributed by atoms with Gasteiger partial charge in [0.2, 0.25) is 0 Å². The van der Waals surface area contributed by atoms with Crippen LogP contribution in [-0.4, -0.2) is 22.4 Å². The van der Waals surface area contributed by atoms with Gasteiger partial charge < -0.3 is 10.6 Å². The van der Waals surface area contributed by atoms with E-state index in [-0.39, 0.29) is 16.4 Å². The standard InChI is InChI=1S/C23H14Cl3FN4O3/c24-13-4-7-19-12(8-13)9-20(21(32)28-16-5-6-17(25)18(26)11-16)31(19)30-23(34)22(33)29-15-3-1-2-14(27)10-15/h1-11H,(H,28,32)(H,29,33)(H,30,34). The van der Waals surface area contributed by atoms with Crippen LogP contribution in [0.5, 0.6) is 0 Å². The monoisotopic (exact) mass is 518 g/mol. The number of carbonyl (C=O) groups is 3. The predicted molar refractivity (Wildman–Crippen MR) is 131 cm³/mol. The lowest BCUT2D eigenvalue weighted by Gasteiger charge is -2.13. The van der Waals surface area contributed by atoms with Crippen LogP contribution in [-0.2, 0) is 9.59 Å². The van der Waals surface area contributed by atoms with E-state index in [1.54, 1.807) is 24.3 Å². The molecule has 0 aliphatic heterocycles. The minimum atomic E-state index is -1.08. The average Bonchev–Trinajstić information content (AvgIpc) is 3.13. The molecule has 0 saturated carbocycles. The number of aromatic nitrogens is 1. The molecule has 0 spiro atoms. The lowest BCUT2D eigenvalue weighted by Crippen LogP contribution is -2.36. The van der Waals surface area contributed by atoms with E-state index in [1.165, 1.54) is 36.4 Å². The van der Waals surface area contributed by atoms with Gasteiger partial charge in [-0.25, -0.2) is 9.07 Å². The zero-order valence-electron chi connectivity index (χ0n) is 17.0. The quantitative estimate of drug-likeness (QED) is 0.302. The van der Waals surface area contributed by atoms with Gasteiger partial charge in [0.15, 0.2) is 0 Å². The molecule has 0 saturated heterocycles. The highest BCUT2D eigenvalue weighted by molar-refractivity contribution is 6.43. The van der Waals surface area contributed by atoms with Crippen LogP contribution < -0.4 is 16.1 Å². The molecule has 1 aromatic heterocycles. The smallest absolute Gasteiger partial charge is 0.321 e. The van der Waals surface area contributed by atoms with E-state index < -0.39 is 23.5 Å². The number of benzene rings is 3. The van der Waals surface area contributed by atoms with Crippen molar-refractivity contribution in [2.75, 3.05) is 16.1 Å². The van der Waals surface area contributed by atoms with Crippen molar-refractivity contribution in [1.82, 2.24) is 4.68 Å². The molecule has 1 heterocycles. The molecule has 3 amide bonds. The van der Waals surface area contributed by atoms with Gasteiger partial charge in [0.25, 0.3) is 5.91 Å². The summed E-state index contributed by atoms with van der Waals surface area (Å²) >= 11 is 18.0. The van der Waals surface area contributed by atoms with Crippen LogP contribution in [0.3, 0.4) is 0 Å². The molecular formula is C23H14Cl3FN4O3. The molecule has 0 radical (unpaired) electrons. The van der Waals surface area contributed by atoms with Gasteiger partial charge in [0, 0.05) is 21.8 Å². The summed E-state index contributed by atoms with van der Waals surface area (Å²) in [5, 5.41) is 6.48. The Morgan fingerprint density at radius 3 is 2.26 bits per heavy atom. The molecule has 3 N–H and O–H groups in total. The van der Waals surface area contributed by atoms with Gasteiger partial charge in [-0.1, -0.05) is 40.9 Å². The minimum Gasteiger partial charge on any atom is -0.321 e. The number of nitrogens with zero attached hydrogens (tertiary/aromatic N) is 1. The summed E-state index contributed by atoms with van der Waals surface area (Å²) in [5.41, 5.74) is 3.28. The lowest BCUT2D eigenvalue weighted by molar-refractivity contribution is -0.133. The van der Waals surface area contributed by atoms with Crippen LogP contribution in [0.1, 0.15) is 10.5 Å². The Kier molecular flexibility index (Phi) is 6.74. The molecule has 3 aromatic carbocycles. The zero-order chi connectivity index (χ0) is 24.4. The molecule has 0 atom stereocenters. The molecule has 34 heavy (non-hydrogen) atoms. The van der Waals surface area contributed by atoms with Crippen LogP contribution in [0.25, 0.3) is 10.9 Å².